The van der Waals surface area contributed by atoms with Gasteiger partial charge in [-0.3, -0.25) is 4.79 Å². The largest absolute Gasteiger partial charge is 0.300 e. The summed E-state index contributed by atoms with van der Waals surface area (Å²) in [6.45, 7) is 14.5. The van der Waals surface area contributed by atoms with Crippen molar-refractivity contribution < 1.29 is 4.79 Å². The van der Waals surface area contributed by atoms with E-state index in [4.69, 9.17) is 0 Å². The number of carbonyl (C=O) groups is 1. The highest BCUT2D eigenvalue weighted by Crippen LogP contribution is 2.20. The van der Waals surface area contributed by atoms with E-state index in [1.54, 1.807) is 6.92 Å². The van der Waals surface area contributed by atoms with Gasteiger partial charge < -0.3 is 0 Å². The van der Waals surface area contributed by atoms with Crippen LogP contribution in [0.25, 0.3) is 0 Å². The molecule has 1 nitrogen and oxygen atoms in total. The molecule has 0 amide bonds. The lowest BCUT2D eigenvalue weighted by Gasteiger charge is -2.20. The van der Waals surface area contributed by atoms with Crippen LogP contribution < -0.4 is 5.19 Å². The zero-order valence-electron chi connectivity index (χ0n) is 15.9. The first-order chi connectivity index (χ1) is 11.3. The second-order valence-electron chi connectivity index (χ2n) is 7.31. The molecule has 0 aliphatic rings. The summed E-state index contributed by atoms with van der Waals surface area (Å²) in [6.07, 6.45) is 6.71. The molecule has 24 heavy (non-hydrogen) atoms. The highest BCUT2D eigenvalue weighted by Gasteiger charge is 2.20. The maximum atomic E-state index is 11.9. The Morgan fingerprint density at radius 3 is 2.33 bits per heavy atom. The summed E-state index contributed by atoms with van der Waals surface area (Å²) < 4.78 is 0. The molecule has 2 heteroatoms. The minimum atomic E-state index is -1.56. The minimum Gasteiger partial charge on any atom is -0.300 e. The first kappa shape index (κ1) is 20.4. The van der Waals surface area contributed by atoms with Gasteiger partial charge in [0, 0.05) is 5.92 Å². The Labute approximate surface area is 149 Å². The van der Waals surface area contributed by atoms with Crippen LogP contribution in [0.4, 0.5) is 0 Å². The fraction of sp³-hybridized carbons (Fsp3) is 0.409. The Hall–Kier alpha value is -1.67. The number of benzene rings is 1. The van der Waals surface area contributed by atoms with E-state index in [1.165, 1.54) is 10.8 Å². The maximum absolute atomic E-state index is 11.9. The molecule has 0 N–H and O–H groups in total. The van der Waals surface area contributed by atoms with Crippen molar-refractivity contribution in [2.24, 2.45) is 5.92 Å². The van der Waals surface area contributed by atoms with Crippen molar-refractivity contribution in [3.05, 3.63) is 65.9 Å². The van der Waals surface area contributed by atoms with Gasteiger partial charge in [-0.1, -0.05) is 84.2 Å². The Balaban J connectivity index is 2.73. The van der Waals surface area contributed by atoms with Crippen LogP contribution in [0.5, 0.6) is 0 Å². The molecule has 0 aromatic heterocycles. The molecular weight excluding hydrogens is 308 g/mol. The van der Waals surface area contributed by atoms with Crippen LogP contribution in [0.15, 0.2) is 65.9 Å². The first-order valence-corrected chi connectivity index (χ1v) is 11.9. The molecule has 1 aromatic carbocycles. The lowest BCUT2D eigenvalue weighted by molar-refractivity contribution is -0.120. The molecule has 0 aliphatic carbocycles. The van der Waals surface area contributed by atoms with E-state index in [2.05, 4.69) is 68.7 Å². The van der Waals surface area contributed by atoms with Crippen molar-refractivity contribution in [2.45, 2.75) is 53.1 Å². The number of Topliss-reactive ketones (excluding diaryl/α,β-unsaturated/α-hetero) is 1. The quantitative estimate of drug-likeness (QED) is 0.423. The molecule has 130 valence electrons. The molecule has 0 saturated heterocycles. The lowest BCUT2D eigenvalue weighted by atomic mass is 9.93. The Kier molecular flexibility index (Phi) is 8.13. The van der Waals surface area contributed by atoms with Gasteiger partial charge in [0.05, 0.1) is 0 Å². The molecule has 1 rings (SSSR count). The number of hydrogen-bond donors (Lipinski definition) is 0. The van der Waals surface area contributed by atoms with Gasteiger partial charge in [0.2, 0.25) is 0 Å². The molecule has 0 unspecified atom stereocenters. The van der Waals surface area contributed by atoms with E-state index < -0.39 is 8.07 Å². The zero-order valence-corrected chi connectivity index (χ0v) is 16.9. The summed E-state index contributed by atoms with van der Waals surface area (Å²) in [6, 6.07) is 10.8. The van der Waals surface area contributed by atoms with Crippen LogP contribution in [-0.4, -0.2) is 13.9 Å². The van der Waals surface area contributed by atoms with E-state index in [-0.39, 0.29) is 11.7 Å². The fourth-order valence-electron chi connectivity index (χ4n) is 2.94. The molecule has 0 aliphatic heterocycles. The molecule has 0 spiro atoms. The van der Waals surface area contributed by atoms with Crippen molar-refractivity contribution in [2.75, 3.05) is 0 Å². The van der Waals surface area contributed by atoms with Crippen molar-refractivity contribution in [3.63, 3.8) is 0 Å². The average Bonchev–Trinajstić information content (AvgIpc) is 2.54. The number of allylic oxidation sites excluding steroid dienone is 4. The number of carbonyl (C=O) groups excluding carboxylic acids is 1. The van der Waals surface area contributed by atoms with E-state index in [0.29, 0.717) is 0 Å². The summed E-state index contributed by atoms with van der Waals surface area (Å²) >= 11 is 0. The third-order valence-electron chi connectivity index (χ3n) is 4.63. The second-order valence-corrected chi connectivity index (χ2v) is 11.6. The Bertz CT molecular complexity index is 608. The van der Waals surface area contributed by atoms with Crippen molar-refractivity contribution in [1.82, 2.24) is 0 Å². The van der Waals surface area contributed by atoms with Crippen molar-refractivity contribution in [3.8, 4) is 0 Å². The molecule has 1 atom stereocenters. The average molecular weight is 341 g/mol. The summed E-state index contributed by atoms with van der Waals surface area (Å²) in [4.78, 5) is 11.9. The number of hydrogen-bond acceptors (Lipinski definition) is 1. The van der Waals surface area contributed by atoms with Gasteiger partial charge >= 0.3 is 0 Å². The first-order valence-electron chi connectivity index (χ1n) is 8.79. The highest BCUT2D eigenvalue weighted by molar-refractivity contribution is 6.94. The molecule has 1 aromatic rings. The molecule has 0 fully saturated rings. The normalized spacial score (nSPS) is 14.4. The molecule has 0 bridgehead atoms. The second kappa shape index (κ2) is 9.58. The van der Waals surface area contributed by atoms with Crippen LogP contribution in [0.1, 0.15) is 40.0 Å². The lowest BCUT2D eigenvalue weighted by Crippen LogP contribution is -2.39. The van der Waals surface area contributed by atoms with E-state index >= 15 is 0 Å². The van der Waals surface area contributed by atoms with E-state index in [9.17, 15) is 4.79 Å². The maximum Gasteiger partial charge on any atom is 0.133 e. The van der Waals surface area contributed by atoms with Gasteiger partial charge in [-0.25, -0.2) is 0 Å². The van der Waals surface area contributed by atoms with E-state index in [0.717, 1.165) is 24.8 Å². The third-order valence-corrected chi connectivity index (χ3v) is 7.67. The van der Waals surface area contributed by atoms with Gasteiger partial charge in [0.15, 0.2) is 0 Å². The van der Waals surface area contributed by atoms with Gasteiger partial charge in [-0.15, -0.1) is 0 Å². The monoisotopic (exact) mass is 340 g/mol. The Morgan fingerprint density at radius 2 is 1.79 bits per heavy atom. The number of rotatable bonds is 9. The van der Waals surface area contributed by atoms with Crippen LogP contribution in [0.3, 0.4) is 0 Å². The standard InChI is InChI=1S/C22H32OSi/c1-7-18(2)13-15-21(20(4)23)16-14-19(3)17-24(5,6)22-11-9-8-10-12-22/h7-13,17,21H,1,14-16H2,2-6H3/b18-13-,19-17+/t21-/m1/s1. The van der Waals surface area contributed by atoms with Crippen LogP contribution in [0, 0.1) is 5.92 Å². The highest BCUT2D eigenvalue weighted by atomic mass is 28.3. The molecule has 0 heterocycles. The zero-order chi connectivity index (χ0) is 18.2. The third kappa shape index (κ3) is 6.84. The fourth-order valence-corrected chi connectivity index (χ4v) is 5.53. The van der Waals surface area contributed by atoms with Gasteiger partial charge in [0.25, 0.3) is 0 Å². The number of ketones is 1. The van der Waals surface area contributed by atoms with Crippen LogP contribution >= 0.6 is 0 Å². The van der Waals surface area contributed by atoms with Gasteiger partial charge in [0.1, 0.15) is 13.9 Å². The van der Waals surface area contributed by atoms with Crippen LogP contribution in [-0.2, 0) is 4.79 Å². The summed E-state index contributed by atoms with van der Waals surface area (Å²) in [5, 5.41) is 1.46. The van der Waals surface area contributed by atoms with Crippen LogP contribution in [0.2, 0.25) is 13.1 Å². The topological polar surface area (TPSA) is 17.1 Å². The molecular formula is C22H32OSi. The van der Waals surface area contributed by atoms with E-state index in [1.807, 2.05) is 13.0 Å². The smallest absolute Gasteiger partial charge is 0.133 e. The predicted molar refractivity (Wildman–Crippen MR) is 109 cm³/mol. The SMILES string of the molecule is C=C/C(C)=C\C[C@H](CC/C(C)=C/[Si](C)(C)c1ccccc1)C(C)=O. The van der Waals surface area contributed by atoms with Gasteiger partial charge in [-0.05, 0) is 40.0 Å². The molecule has 0 saturated carbocycles. The minimum absolute atomic E-state index is 0.116. The summed E-state index contributed by atoms with van der Waals surface area (Å²) in [5.74, 6) is 0.403. The Morgan fingerprint density at radius 1 is 1.17 bits per heavy atom. The molecule has 0 radical (unpaired) electrons. The van der Waals surface area contributed by atoms with Crippen molar-refractivity contribution >= 4 is 19.0 Å². The predicted octanol–water partition coefficient (Wildman–Crippen LogP) is 5.60. The van der Waals surface area contributed by atoms with Gasteiger partial charge in [-0.2, -0.15) is 0 Å². The summed E-state index contributed by atoms with van der Waals surface area (Å²) in [7, 11) is -1.56. The van der Waals surface area contributed by atoms with Crippen molar-refractivity contribution in [1.29, 1.82) is 0 Å². The summed E-state index contributed by atoms with van der Waals surface area (Å²) in [5.41, 5.74) is 5.03.